The predicted octanol–water partition coefficient (Wildman–Crippen LogP) is 3.55. The van der Waals surface area contributed by atoms with Gasteiger partial charge in [-0.2, -0.15) is 16.9 Å². The Hall–Kier alpha value is -0.670. The van der Waals surface area contributed by atoms with E-state index in [0.29, 0.717) is 0 Å². The molecule has 0 unspecified atom stereocenters. The first-order chi connectivity index (χ1) is 7.25. The van der Waals surface area contributed by atoms with Gasteiger partial charge in [-0.25, -0.2) is 0 Å². The highest BCUT2D eigenvalue weighted by atomic mass is 35.5. The number of hydrogen-bond acceptors (Lipinski definition) is 3. The summed E-state index contributed by atoms with van der Waals surface area (Å²) < 4.78 is 0. The van der Waals surface area contributed by atoms with Gasteiger partial charge in [0, 0.05) is 16.5 Å². The van der Waals surface area contributed by atoms with E-state index in [0.717, 1.165) is 28.4 Å². The van der Waals surface area contributed by atoms with Crippen LogP contribution in [0.2, 0.25) is 5.02 Å². The molecular weight excluding hydrogens is 228 g/mol. The molecule has 0 spiro atoms. The molecule has 1 fully saturated rings. The van der Waals surface area contributed by atoms with Gasteiger partial charge in [-0.15, -0.1) is 0 Å². The fourth-order valence-corrected chi connectivity index (χ4v) is 2.50. The molecule has 1 N–H and O–H groups in total. The Morgan fingerprint density at radius 3 is 3.00 bits per heavy atom. The van der Waals surface area contributed by atoms with Crippen LogP contribution >= 0.6 is 23.4 Å². The molecule has 0 radical (unpaired) electrons. The lowest BCUT2D eigenvalue weighted by molar-refractivity contribution is 1.25. The van der Waals surface area contributed by atoms with Crippen LogP contribution < -0.4 is 5.43 Å². The SMILES string of the molecule is Cc1ccc(N/N=C2\CCSC2)cc1Cl. The standard InChI is InChI=1S/C11H13ClN2S/c1-8-2-3-9(6-11(8)12)13-14-10-4-5-15-7-10/h2-3,6,13H,4-5,7H2,1H3/b14-10+. The Balaban J connectivity index is 2.04. The van der Waals surface area contributed by atoms with Crippen LogP contribution in [0.4, 0.5) is 5.69 Å². The summed E-state index contributed by atoms with van der Waals surface area (Å²) in [5, 5.41) is 5.13. The van der Waals surface area contributed by atoms with Crippen LogP contribution in [-0.2, 0) is 0 Å². The normalized spacial score (nSPS) is 18.4. The summed E-state index contributed by atoms with van der Waals surface area (Å²) in [5.41, 5.74) is 6.32. The summed E-state index contributed by atoms with van der Waals surface area (Å²) in [4.78, 5) is 0. The molecule has 1 heterocycles. The van der Waals surface area contributed by atoms with Crippen molar-refractivity contribution in [3.63, 3.8) is 0 Å². The first kappa shape index (κ1) is 10.8. The van der Waals surface area contributed by atoms with Gasteiger partial charge in [0.05, 0.1) is 5.69 Å². The Labute approximate surface area is 99.1 Å². The molecule has 4 heteroatoms. The number of benzene rings is 1. The number of hydrazone groups is 1. The van der Waals surface area contributed by atoms with Crippen LogP contribution in [0.15, 0.2) is 23.3 Å². The van der Waals surface area contributed by atoms with Gasteiger partial charge in [0.2, 0.25) is 0 Å². The van der Waals surface area contributed by atoms with Crippen molar-refractivity contribution in [2.75, 3.05) is 16.9 Å². The van der Waals surface area contributed by atoms with Crippen LogP contribution in [0.25, 0.3) is 0 Å². The number of hydrogen-bond donors (Lipinski definition) is 1. The van der Waals surface area contributed by atoms with Crippen molar-refractivity contribution >= 4 is 34.8 Å². The summed E-state index contributed by atoms with van der Waals surface area (Å²) in [6, 6.07) is 5.89. The second-order valence-corrected chi connectivity index (χ2v) is 5.07. The third-order valence-electron chi connectivity index (χ3n) is 2.32. The van der Waals surface area contributed by atoms with Crippen molar-refractivity contribution in [2.45, 2.75) is 13.3 Å². The van der Waals surface area contributed by atoms with E-state index >= 15 is 0 Å². The van der Waals surface area contributed by atoms with Gasteiger partial charge in [0.1, 0.15) is 0 Å². The fraction of sp³-hybridized carbons (Fsp3) is 0.364. The molecule has 1 aromatic carbocycles. The van der Waals surface area contributed by atoms with Gasteiger partial charge < -0.3 is 0 Å². The number of anilines is 1. The molecular formula is C11H13ClN2S. The van der Waals surface area contributed by atoms with Crippen molar-refractivity contribution in [3.05, 3.63) is 28.8 Å². The number of halogens is 1. The van der Waals surface area contributed by atoms with Gasteiger partial charge in [-0.1, -0.05) is 17.7 Å². The van der Waals surface area contributed by atoms with Gasteiger partial charge in [-0.3, -0.25) is 5.43 Å². The number of thioether (sulfide) groups is 1. The molecule has 80 valence electrons. The minimum atomic E-state index is 0.779. The summed E-state index contributed by atoms with van der Waals surface area (Å²) in [5.74, 6) is 2.24. The van der Waals surface area contributed by atoms with Crippen molar-refractivity contribution in [1.82, 2.24) is 0 Å². The van der Waals surface area contributed by atoms with Crippen molar-refractivity contribution in [1.29, 1.82) is 0 Å². The highest BCUT2D eigenvalue weighted by Gasteiger charge is 2.08. The van der Waals surface area contributed by atoms with Gasteiger partial charge in [0.15, 0.2) is 0 Å². The molecule has 1 saturated heterocycles. The van der Waals surface area contributed by atoms with E-state index in [1.807, 2.05) is 36.9 Å². The maximum absolute atomic E-state index is 6.02. The van der Waals surface area contributed by atoms with E-state index in [4.69, 9.17) is 11.6 Å². The average Bonchev–Trinajstić information content (AvgIpc) is 2.73. The average molecular weight is 241 g/mol. The molecule has 0 aliphatic carbocycles. The lowest BCUT2D eigenvalue weighted by Gasteiger charge is -2.03. The second kappa shape index (κ2) is 4.90. The summed E-state index contributed by atoms with van der Waals surface area (Å²) in [6.07, 6.45) is 1.09. The molecule has 2 rings (SSSR count). The lowest BCUT2D eigenvalue weighted by Crippen LogP contribution is -1.99. The van der Waals surface area contributed by atoms with E-state index in [1.54, 1.807) is 0 Å². The highest BCUT2D eigenvalue weighted by Crippen LogP contribution is 2.20. The van der Waals surface area contributed by atoms with Crippen molar-refractivity contribution in [3.8, 4) is 0 Å². The molecule has 1 aromatic rings. The van der Waals surface area contributed by atoms with Gasteiger partial charge in [0.25, 0.3) is 0 Å². The molecule has 0 bridgehead atoms. The Morgan fingerprint density at radius 1 is 1.47 bits per heavy atom. The monoisotopic (exact) mass is 240 g/mol. The Morgan fingerprint density at radius 2 is 2.33 bits per heavy atom. The molecule has 1 aliphatic rings. The van der Waals surface area contributed by atoms with E-state index in [-0.39, 0.29) is 0 Å². The third-order valence-corrected chi connectivity index (χ3v) is 3.76. The van der Waals surface area contributed by atoms with E-state index in [1.165, 1.54) is 11.5 Å². The van der Waals surface area contributed by atoms with Gasteiger partial charge >= 0.3 is 0 Å². The zero-order valence-corrected chi connectivity index (χ0v) is 10.2. The van der Waals surface area contributed by atoms with Crippen LogP contribution in [-0.4, -0.2) is 17.2 Å². The molecule has 0 amide bonds. The Kier molecular flexibility index (Phi) is 3.54. The minimum absolute atomic E-state index is 0.779. The van der Waals surface area contributed by atoms with Crippen LogP contribution in [0.5, 0.6) is 0 Å². The first-order valence-electron chi connectivity index (χ1n) is 4.91. The van der Waals surface area contributed by atoms with E-state index < -0.39 is 0 Å². The molecule has 2 nitrogen and oxygen atoms in total. The minimum Gasteiger partial charge on any atom is -0.278 e. The van der Waals surface area contributed by atoms with Crippen LogP contribution in [0.3, 0.4) is 0 Å². The summed E-state index contributed by atoms with van der Waals surface area (Å²) in [6.45, 7) is 1.99. The molecule has 1 aliphatic heterocycles. The third kappa shape index (κ3) is 2.89. The first-order valence-corrected chi connectivity index (χ1v) is 6.44. The van der Waals surface area contributed by atoms with E-state index in [9.17, 15) is 0 Å². The largest absolute Gasteiger partial charge is 0.278 e. The zero-order chi connectivity index (χ0) is 10.7. The van der Waals surface area contributed by atoms with E-state index in [2.05, 4.69) is 10.5 Å². The maximum Gasteiger partial charge on any atom is 0.0576 e. The predicted molar refractivity (Wildman–Crippen MR) is 69.2 cm³/mol. The summed E-state index contributed by atoms with van der Waals surface area (Å²) >= 11 is 7.94. The van der Waals surface area contributed by atoms with Gasteiger partial charge in [-0.05, 0) is 36.8 Å². The quantitative estimate of drug-likeness (QED) is 0.800. The fourth-order valence-electron chi connectivity index (χ4n) is 1.35. The number of nitrogens with zero attached hydrogens (tertiary/aromatic N) is 1. The molecule has 0 aromatic heterocycles. The molecule has 0 atom stereocenters. The lowest BCUT2D eigenvalue weighted by atomic mass is 10.2. The van der Waals surface area contributed by atoms with Crippen molar-refractivity contribution in [2.24, 2.45) is 5.10 Å². The van der Waals surface area contributed by atoms with Crippen molar-refractivity contribution < 1.29 is 0 Å². The summed E-state index contributed by atoms with van der Waals surface area (Å²) in [7, 11) is 0. The highest BCUT2D eigenvalue weighted by molar-refractivity contribution is 8.00. The number of rotatable bonds is 2. The smallest absolute Gasteiger partial charge is 0.0576 e. The van der Waals surface area contributed by atoms with Crippen LogP contribution in [0.1, 0.15) is 12.0 Å². The maximum atomic E-state index is 6.02. The molecule has 15 heavy (non-hydrogen) atoms. The topological polar surface area (TPSA) is 24.4 Å². The van der Waals surface area contributed by atoms with Crippen LogP contribution in [0, 0.1) is 6.92 Å². The Bertz CT molecular complexity index is 382. The second-order valence-electron chi connectivity index (χ2n) is 3.56. The number of aryl methyl sites for hydroxylation is 1. The number of nitrogens with one attached hydrogen (secondary N) is 1. The molecule has 0 saturated carbocycles. The zero-order valence-electron chi connectivity index (χ0n) is 8.59.